The summed E-state index contributed by atoms with van der Waals surface area (Å²) in [5.41, 5.74) is 1.25. The van der Waals surface area contributed by atoms with Crippen molar-refractivity contribution in [2.24, 2.45) is 7.05 Å². The van der Waals surface area contributed by atoms with Gasteiger partial charge in [0, 0.05) is 50.8 Å². The minimum Gasteiger partial charge on any atom is -0.374 e. The molecule has 0 N–H and O–H groups in total. The third-order valence-electron chi connectivity index (χ3n) is 3.34. The van der Waals surface area contributed by atoms with E-state index in [0.717, 1.165) is 32.8 Å². The van der Waals surface area contributed by atoms with E-state index in [2.05, 4.69) is 21.3 Å². The fourth-order valence-corrected chi connectivity index (χ4v) is 2.46. The van der Waals surface area contributed by atoms with Gasteiger partial charge in [0.1, 0.15) is 0 Å². The predicted molar refractivity (Wildman–Crippen MR) is 70.5 cm³/mol. The van der Waals surface area contributed by atoms with E-state index in [1.807, 2.05) is 34.9 Å². The van der Waals surface area contributed by atoms with Gasteiger partial charge in [0.15, 0.2) is 0 Å². The molecular weight excluding hydrogens is 242 g/mol. The van der Waals surface area contributed by atoms with Crippen molar-refractivity contribution in [1.29, 1.82) is 0 Å². The zero-order valence-corrected chi connectivity index (χ0v) is 11.1. The molecule has 0 aliphatic carbocycles. The summed E-state index contributed by atoms with van der Waals surface area (Å²) in [6.45, 7) is 4.45. The Hall–Kier alpha value is -1.66. The second-order valence-corrected chi connectivity index (χ2v) is 4.98. The summed E-state index contributed by atoms with van der Waals surface area (Å²) in [5, 5.41) is 8.43. The zero-order chi connectivity index (χ0) is 13.1. The zero-order valence-electron chi connectivity index (χ0n) is 11.1. The Labute approximate surface area is 112 Å². The van der Waals surface area contributed by atoms with Gasteiger partial charge < -0.3 is 4.74 Å². The minimum atomic E-state index is 0.213. The average Bonchev–Trinajstić information content (AvgIpc) is 3.02. The van der Waals surface area contributed by atoms with Gasteiger partial charge >= 0.3 is 0 Å². The number of rotatable bonds is 4. The van der Waals surface area contributed by atoms with Gasteiger partial charge in [0.25, 0.3) is 0 Å². The van der Waals surface area contributed by atoms with Gasteiger partial charge in [-0.3, -0.25) is 14.3 Å². The van der Waals surface area contributed by atoms with Crippen molar-refractivity contribution >= 4 is 0 Å². The van der Waals surface area contributed by atoms with E-state index in [9.17, 15) is 0 Å². The summed E-state index contributed by atoms with van der Waals surface area (Å²) in [6, 6.07) is 1.94. The molecule has 0 aromatic carbocycles. The van der Waals surface area contributed by atoms with Crippen molar-refractivity contribution in [3.63, 3.8) is 0 Å². The first-order valence-corrected chi connectivity index (χ1v) is 6.58. The molecule has 0 radical (unpaired) electrons. The summed E-state index contributed by atoms with van der Waals surface area (Å²) >= 11 is 0. The third kappa shape index (κ3) is 3.21. The van der Waals surface area contributed by atoms with Crippen molar-refractivity contribution < 1.29 is 4.74 Å². The summed E-state index contributed by atoms with van der Waals surface area (Å²) in [6.07, 6.45) is 7.99. The largest absolute Gasteiger partial charge is 0.374 e. The van der Waals surface area contributed by atoms with Crippen LogP contribution in [-0.4, -0.2) is 50.3 Å². The lowest BCUT2D eigenvalue weighted by Crippen LogP contribution is -2.43. The van der Waals surface area contributed by atoms with Gasteiger partial charge in [0.2, 0.25) is 0 Å². The summed E-state index contributed by atoms with van der Waals surface area (Å²) in [5.74, 6) is 0. The molecule has 1 aliphatic rings. The Bertz CT molecular complexity index is 507. The maximum atomic E-state index is 5.80. The summed E-state index contributed by atoms with van der Waals surface area (Å²) < 4.78 is 9.57. The summed E-state index contributed by atoms with van der Waals surface area (Å²) in [7, 11) is 1.95. The van der Waals surface area contributed by atoms with E-state index in [0.29, 0.717) is 0 Å². The average molecular weight is 261 g/mol. The molecule has 1 atom stereocenters. The van der Waals surface area contributed by atoms with Crippen molar-refractivity contribution in [2.75, 3.05) is 19.7 Å². The Morgan fingerprint density at radius 2 is 2.37 bits per heavy atom. The standard InChI is InChI=1S/C13H19N5O/c1-16-8-12(7-15-16)9-17-5-6-19-13(10-17)11-18-4-2-3-14-18/h2-4,7-8,13H,5-6,9-11H2,1H3/t13-/m0/s1. The maximum Gasteiger partial charge on any atom is 0.0898 e. The number of nitrogens with zero attached hydrogens (tertiary/aromatic N) is 5. The van der Waals surface area contributed by atoms with Crippen LogP contribution in [0.25, 0.3) is 0 Å². The van der Waals surface area contributed by atoms with Gasteiger partial charge in [-0.05, 0) is 6.07 Å². The quantitative estimate of drug-likeness (QED) is 0.805. The highest BCUT2D eigenvalue weighted by molar-refractivity contribution is 5.03. The number of aryl methyl sites for hydroxylation is 1. The molecule has 1 fully saturated rings. The van der Waals surface area contributed by atoms with Gasteiger partial charge in [-0.25, -0.2) is 0 Å². The normalized spacial score (nSPS) is 20.8. The maximum absolute atomic E-state index is 5.80. The molecule has 6 nitrogen and oxygen atoms in total. The van der Waals surface area contributed by atoms with Crippen LogP contribution in [0.2, 0.25) is 0 Å². The van der Waals surface area contributed by atoms with Crippen molar-refractivity contribution in [2.45, 2.75) is 19.2 Å². The number of morpholine rings is 1. The Balaban J connectivity index is 1.55. The fourth-order valence-electron chi connectivity index (χ4n) is 2.46. The van der Waals surface area contributed by atoms with E-state index in [4.69, 9.17) is 4.74 Å². The first kappa shape index (κ1) is 12.4. The molecule has 1 aliphatic heterocycles. The van der Waals surface area contributed by atoms with Crippen LogP contribution in [0.4, 0.5) is 0 Å². The Morgan fingerprint density at radius 1 is 1.42 bits per heavy atom. The van der Waals surface area contributed by atoms with Gasteiger partial charge in [-0.1, -0.05) is 0 Å². The van der Waals surface area contributed by atoms with E-state index >= 15 is 0 Å². The first-order chi connectivity index (χ1) is 9.29. The van der Waals surface area contributed by atoms with E-state index in [1.165, 1.54) is 5.56 Å². The van der Waals surface area contributed by atoms with Crippen LogP contribution >= 0.6 is 0 Å². The molecule has 0 amide bonds. The third-order valence-corrected chi connectivity index (χ3v) is 3.34. The van der Waals surface area contributed by atoms with Crippen molar-refractivity contribution in [3.05, 3.63) is 36.4 Å². The van der Waals surface area contributed by atoms with Crippen LogP contribution in [0.3, 0.4) is 0 Å². The van der Waals surface area contributed by atoms with Crippen LogP contribution in [0, 0.1) is 0 Å². The van der Waals surface area contributed by atoms with Crippen LogP contribution in [0.1, 0.15) is 5.56 Å². The second kappa shape index (κ2) is 5.54. The molecule has 3 rings (SSSR count). The molecule has 0 saturated carbocycles. The molecule has 6 heteroatoms. The highest BCUT2D eigenvalue weighted by Gasteiger charge is 2.21. The molecule has 3 heterocycles. The molecule has 0 bridgehead atoms. The smallest absolute Gasteiger partial charge is 0.0898 e. The molecule has 2 aromatic rings. The molecule has 19 heavy (non-hydrogen) atoms. The highest BCUT2D eigenvalue weighted by atomic mass is 16.5. The van der Waals surface area contributed by atoms with Crippen LogP contribution in [0.15, 0.2) is 30.9 Å². The summed E-state index contributed by atoms with van der Waals surface area (Å²) in [4.78, 5) is 2.41. The number of aromatic nitrogens is 4. The minimum absolute atomic E-state index is 0.213. The first-order valence-electron chi connectivity index (χ1n) is 6.58. The number of hydrogen-bond donors (Lipinski definition) is 0. The van der Waals surface area contributed by atoms with Crippen LogP contribution in [0.5, 0.6) is 0 Å². The molecule has 0 spiro atoms. The molecule has 0 unspecified atom stereocenters. The number of ether oxygens (including phenoxy) is 1. The van der Waals surface area contributed by atoms with E-state index in [1.54, 1.807) is 6.20 Å². The molecular formula is C13H19N5O. The van der Waals surface area contributed by atoms with Gasteiger partial charge in [-0.15, -0.1) is 0 Å². The fraction of sp³-hybridized carbons (Fsp3) is 0.538. The lowest BCUT2D eigenvalue weighted by molar-refractivity contribution is -0.0402. The Morgan fingerprint density at radius 3 is 3.11 bits per heavy atom. The SMILES string of the molecule is Cn1cc(CN2CCO[C@H](Cn3cccn3)C2)cn1. The van der Waals surface area contributed by atoms with Gasteiger partial charge in [-0.2, -0.15) is 10.2 Å². The van der Waals surface area contributed by atoms with Crippen molar-refractivity contribution in [3.8, 4) is 0 Å². The van der Waals surface area contributed by atoms with E-state index in [-0.39, 0.29) is 6.10 Å². The molecule has 2 aromatic heterocycles. The predicted octanol–water partition coefficient (Wildman–Crippen LogP) is 0.518. The second-order valence-electron chi connectivity index (χ2n) is 4.98. The van der Waals surface area contributed by atoms with Gasteiger partial charge in [0.05, 0.1) is 25.5 Å². The van der Waals surface area contributed by atoms with Crippen LogP contribution in [-0.2, 0) is 24.9 Å². The molecule has 102 valence electrons. The topological polar surface area (TPSA) is 48.1 Å². The lowest BCUT2D eigenvalue weighted by atomic mass is 10.2. The molecule has 1 saturated heterocycles. The van der Waals surface area contributed by atoms with Crippen molar-refractivity contribution in [1.82, 2.24) is 24.5 Å². The highest BCUT2D eigenvalue weighted by Crippen LogP contribution is 2.11. The number of hydrogen-bond acceptors (Lipinski definition) is 4. The van der Waals surface area contributed by atoms with E-state index < -0.39 is 0 Å². The lowest BCUT2D eigenvalue weighted by Gasteiger charge is -2.32. The van der Waals surface area contributed by atoms with Crippen LogP contribution < -0.4 is 0 Å². The monoisotopic (exact) mass is 261 g/mol. The Kier molecular flexibility index (Phi) is 3.61.